The molecule has 1 amide bonds. The number of anilines is 1. The normalized spacial score (nSPS) is 10.5. The minimum atomic E-state index is 0.0426. The van der Waals surface area contributed by atoms with Gasteiger partial charge in [0.15, 0.2) is 0 Å². The van der Waals surface area contributed by atoms with Gasteiger partial charge in [0, 0.05) is 12.1 Å². The van der Waals surface area contributed by atoms with Crippen LogP contribution in [0.25, 0.3) is 10.8 Å². The molecule has 0 fully saturated rings. The SMILES string of the molecule is COc1ccc(NC(=O)CCCc2ccc3ccccc3c2)cc1. The van der Waals surface area contributed by atoms with E-state index in [1.807, 2.05) is 30.3 Å². The lowest BCUT2D eigenvalue weighted by Crippen LogP contribution is -2.11. The van der Waals surface area contributed by atoms with Gasteiger partial charge in [0.05, 0.1) is 7.11 Å². The first-order valence-corrected chi connectivity index (χ1v) is 8.16. The van der Waals surface area contributed by atoms with E-state index in [1.54, 1.807) is 7.11 Å². The van der Waals surface area contributed by atoms with Crippen molar-refractivity contribution in [3.05, 3.63) is 72.3 Å². The second-order valence-electron chi connectivity index (χ2n) is 5.81. The molecule has 0 bridgehead atoms. The van der Waals surface area contributed by atoms with Crippen LogP contribution in [0.15, 0.2) is 66.7 Å². The fourth-order valence-electron chi connectivity index (χ4n) is 2.75. The van der Waals surface area contributed by atoms with Gasteiger partial charge in [-0.05, 0) is 53.4 Å². The number of methoxy groups -OCH3 is 1. The summed E-state index contributed by atoms with van der Waals surface area (Å²) in [7, 11) is 1.63. The van der Waals surface area contributed by atoms with Gasteiger partial charge >= 0.3 is 0 Å². The molecule has 0 heterocycles. The van der Waals surface area contributed by atoms with Gasteiger partial charge < -0.3 is 10.1 Å². The number of hydrogen-bond donors (Lipinski definition) is 1. The molecule has 24 heavy (non-hydrogen) atoms. The van der Waals surface area contributed by atoms with Crippen LogP contribution >= 0.6 is 0 Å². The van der Waals surface area contributed by atoms with Crippen molar-refractivity contribution in [3.63, 3.8) is 0 Å². The number of aryl methyl sites for hydroxylation is 1. The minimum absolute atomic E-state index is 0.0426. The van der Waals surface area contributed by atoms with Gasteiger partial charge in [-0.15, -0.1) is 0 Å². The van der Waals surface area contributed by atoms with Crippen molar-refractivity contribution in [2.24, 2.45) is 0 Å². The molecule has 122 valence electrons. The molecule has 3 rings (SSSR count). The lowest BCUT2D eigenvalue weighted by atomic mass is 10.0. The molecule has 3 heteroatoms. The predicted octanol–water partition coefficient (Wildman–Crippen LogP) is 4.81. The average Bonchev–Trinajstić information content (AvgIpc) is 2.62. The molecule has 1 N–H and O–H groups in total. The second-order valence-corrected chi connectivity index (χ2v) is 5.81. The largest absolute Gasteiger partial charge is 0.497 e. The van der Waals surface area contributed by atoms with Crippen LogP contribution in [-0.2, 0) is 11.2 Å². The molecular formula is C21H21NO2. The molecule has 0 aliphatic rings. The molecule has 0 radical (unpaired) electrons. The van der Waals surface area contributed by atoms with E-state index in [1.165, 1.54) is 16.3 Å². The first kappa shape index (κ1) is 16.1. The van der Waals surface area contributed by atoms with E-state index in [-0.39, 0.29) is 5.91 Å². The number of benzene rings is 3. The zero-order valence-corrected chi connectivity index (χ0v) is 13.8. The molecular weight excluding hydrogens is 298 g/mol. The summed E-state index contributed by atoms with van der Waals surface area (Å²) in [5, 5.41) is 5.41. The zero-order valence-electron chi connectivity index (χ0n) is 13.8. The minimum Gasteiger partial charge on any atom is -0.497 e. The van der Waals surface area contributed by atoms with Crippen LogP contribution in [0.2, 0.25) is 0 Å². The quantitative estimate of drug-likeness (QED) is 0.708. The predicted molar refractivity (Wildman–Crippen MR) is 98.5 cm³/mol. The van der Waals surface area contributed by atoms with Crippen LogP contribution in [0, 0.1) is 0 Å². The number of rotatable bonds is 6. The van der Waals surface area contributed by atoms with Crippen molar-refractivity contribution in [1.29, 1.82) is 0 Å². The first-order chi connectivity index (χ1) is 11.7. The van der Waals surface area contributed by atoms with Gasteiger partial charge in [-0.25, -0.2) is 0 Å². The molecule has 0 saturated heterocycles. The van der Waals surface area contributed by atoms with E-state index in [0.717, 1.165) is 24.3 Å². The molecule has 0 aliphatic heterocycles. The summed E-state index contributed by atoms with van der Waals surface area (Å²) in [6.07, 6.45) is 2.25. The number of nitrogens with one attached hydrogen (secondary N) is 1. The number of carbonyl (C=O) groups is 1. The van der Waals surface area contributed by atoms with Crippen molar-refractivity contribution in [2.45, 2.75) is 19.3 Å². The van der Waals surface area contributed by atoms with Gasteiger partial charge in [-0.1, -0.05) is 42.5 Å². The number of ether oxygens (including phenoxy) is 1. The molecule has 0 aromatic heterocycles. The maximum Gasteiger partial charge on any atom is 0.224 e. The zero-order chi connectivity index (χ0) is 16.8. The van der Waals surface area contributed by atoms with Crippen molar-refractivity contribution in [1.82, 2.24) is 0 Å². The number of amides is 1. The molecule has 0 saturated carbocycles. The summed E-state index contributed by atoms with van der Waals surface area (Å²) in [5.41, 5.74) is 2.07. The third kappa shape index (κ3) is 4.13. The molecule has 0 spiro atoms. The van der Waals surface area contributed by atoms with Gasteiger partial charge in [-0.2, -0.15) is 0 Å². The van der Waals surface area contributed by atoms with Crippen LogP contribution in [0.1, 0.15) is 18.4 Å². The number of hydrogen-bond acceptors (Lipinski definition) is 2. The van der Waals surface area contributed by atoms with Gasteiger partial charge in [0.25, 0.3) is 0 Å². The van der Waals surface area contributed by atoms with Gasteiger partial charge in [0.1, 0.15) is 5.75 Å². The maximum atomic E-state index is 12.0. The van der Waals surface area contributed by atoms with Crippen LogP contribution in [0.3, 0.4) is 0 Å². The highest BCUT2D eigenvalue weighted by Crippen LogP contribution is 2.18. The van der Waals surface area contributed by atoms with E-state index < -0.39 is 0 Å². The maximum absolute atomic E-state index is 12.0. The van der Waals surface area contributed by atoms with E-state index >= 15 is 0 Å². The van der Waals surface area contributed by atoms with Gasteiger partial charge in [0.2, 0.25) is 5.91 Å². The Bertz CT molecular complexity index is 825. The van der Waals surface area contributed by atoms with Crippen LogP contribution < -0.4 is 10.1 Å². The lowest BCUT2D eigenvalue weighted by Gasteiger charge is -2.07. The number of carbonyl (C=O) groups excluding carboxylic acids is 1. The fourth-order valence-corrected chi connectivity index (χ4v) is 2.75. The second kappa shape index (κ2) is 7.64. The fraction of sp³-hybridized carbons (Fsp3) is 0.190. The molecule has 0 unspecified atom stereocenters. The van der Waals surface area contributed by atoms with Gasteiger partial charge in [-0.3, -0.25) is 4.79 Å². The molecule has 3 nitrogen and oxygen atoms in total. The van der Waals surface area contributed by atoms with Crippen molar-refractivity contribution >= 4 is 22.4 Å². The van der Waals surface area contributed by atoms with E-state index in [4.69, 9.17) is 4.74 Å². The highest BCUT2D eigenvalue weighted by atomic mass is 16.5. The van der Waals surface area contributed by atoms with Crippen LogP contribution in [0.4, 0.5) is 5.69 Å². The monoisotopic (exact) mass is 319 g/mol. The summed E-state index contributed by atoms with van der Waals surface area (Å²) >= 11 is 0. The van der Waals surface area contributed by atoms with Crippen molar-refractivity contribution in [3.8, 4) is 5.75 Å². The van der Waals surface area contributed by atoms with E-state index in [9.17, 15) is 4.79 Å². The standard InChI is InChI=1S/C21H21NO2/c1-24-20-13-11-19(12-14-20)22-21(23)8-4-5-16-9-10-17-6-2-3-7-18(17)15-16/h2-3,6-7,9-15H,4-5,8H2,1H3,(H,22,23). The van der Waals surface area contributed by atoms with E-state index in [2.05, 4.69) is 41.7 Å². The Morgan fingerprint density at radius 1 is 0.958 bits per heavy atom. The van der Waals surface area contributed by atoms with Crippen molar-refractivity contribution < 1.29 is 9.53 Å². The Hall–Kier alpha value is -2.81. The lowest BCUT2D eigenvalue weighted by molar-refractivity contribution is -0.116. The van der Waals surface area contributed by atoms with Crippen LogP contribution in [0.5, 0.6) is 5.75 Å². The molecule has 3 aromatic carbocycles. The summed E-state index contributed by atoms with van der Waals surface area (Å²) in [5.74, 6) is 0.824. The average molecular weight is 319 g/mol. The molecule has 0 atom stereocenters. The Kier molecular flexibility index (Phi) is 5.12. The Morgan fingerprint density at radius 2 is 1.71 bits per heavy atom. The summed E-state index contributed by atoms with van der Waals surface area (Å²) < 4.78 is 5.11. The Balaban J connectivity index is 1.50. The summed E-state index contributed by atoms with van der Waals surface area (Å²) in [6, 6.07) is 22.2. The van der Waals surface area contributed by atoms with E-state index in [0.29, 0.717) is 6.42 Å². The Labute approximate surface area is 142 Å². The third-order valence-electron chi connectivity index (χ3n) is 4.06. The molecule has 0 aliphatic carbocycles. The summed E-state index contributed by atoms with van der Waals surface area (Å²) in [4.78, 5) is 12.0. The number of fused-ring (bicyclic) bond motifs is 1. The topological polar surface area (TPSA) is 38.3 Å². The third-order valence-corrected chi connectivity index (χ3v) is 4.06. The van der Waals surface area contributed by atoms with Crippen molar-refractivity contribution in [2.75, 3.05) is 12.4 Å². The summed E-state index contributed by atoms with van der Waals surface area (Å²) in [6.45, 7) is 0. The first-order valence-electron chi connectivity index (χ1n) is 8.16. The molecule has 3 aromatic rings. The Morgan fingerprint density at radius 3 is 2.46 bits per heavy atom. The highest BCUT2D eigenvalue weighted by molar-refractivity contribution is 5.90. The highest BCUT2D eigenvalue weighted by Gasteiger charge is 2.04. The smallest absolute Gasteiger partial charge is 0.224 e. The van der Waals surface area contributed by atoms with Crippen LogP contribution in [-0.4, -0.2) is 13.0 Å².